The third-order valence-corrected chi connectivity index (χ3v) is 4.63. The van der Waals surface area contributed by atoms with Crippen molar-refractivity contribution in [3.8, 4) is 5.75 Å². The number of fused-ring (bicyclic) bond motifs is 1. The molecule has 0 saturated carbocycles. The highest BCUT2D eigenvalue weighted by Crippen LogP contribution is 2.25. The fourth-order valence-electron chi connectivity index (χ4n) is 3.12. The molecule has 0 spiro atoms. The van der Waals surface area contributed by atoms with Gasteiger partial charge in [0.2, 0.25) is 0 Å². The Labute approximate surface area is 192 Å². The Morgan fingerprint density at radius 2 is 1.82 bits per heavy atom. The van der Waals surface area contributed by atoms with Crippen molar-refractivity contribution in [1.82, 2.24) is 4.57 Å². The third-order valence-electron chi connectivity index (χ3n) is 4.63. The van der Waals surface area contributed by atoms with Gasteiger partial charge < -0.3 is 14.2 Å². The predicted octanol–water partition coefficient (Wildman–Crippen LogP) is 5.90. The molecule has 3 rings (SSSR count). The largest absolute Gasteiger partial charge is 0.487 e. The number of carbonyl (C=O) groups excluding carboxylic acids is 2. The minimum absolute atomic E-state index is 0.0477. The van der Waals surface area contributed by atoms with Gasteiger partial charge in [0, 0.05) is 18.1 Å². The fraction of sp³-hybridized carbons (Fsp3) is 0.280. The van der Waals surface area contributed by atoms with Gasteiger partial charge in [0.25, 0.3) is 0 Å². The summed E-state index contributed by atoms with van der Waals surface area (Å²) < 4.78 is 31.6. The van der Waals surface area contributed by atoms with Gasteiger partial charge in [-0.1, -0.05) is 12.7 Å². The molecule has 1 aromatic heterocycles. The normalized spacial score (nSPS) is 11.2. The quantitative estimate of drug-likeness (QED) is 0.434. The summed E-state index contributed by atoms with van der Waals surface area (Å²) in [6.45, 7) is 8.97. The van der Waals surface area contributed by atoms with Crippen LogP contribution >= 0.6 is 0 Å². The number of carbonyl (C=O) groups is 2. The minimum Gasteiger partial charge on any atom is -0.487 e. The Morgan fingerprint density at radius 3 is 2.45 bits per heavy atom. The first kappa shape index (κ1) is 23.8. The van der Waals surface area contributed by atoms with Gasteiger partial charge in [0.15, 0.2) is 0 Å². The van der Waals surface area contributed by atoms with E-state index in [1.807, 2.05) is 0 Å². The zero-order valence-electron chi connectivity index (χ0n) is 19.1. The van der Waals surface area contributed by atoms with E-state index in [4.69, 9.17) is 14.2 Å². The molecule has 0 aliphatic carbocycles. The van der Waals surface area contributed by atoms with E-state index in [0.29, 0.717) is 28.0 Å². The highest BCUT2D eigenvalue weighted by atomic mass is 19.1. The maximum absolute atomic E-state index is 13.9. The molecule has 3 aromatic rings. The van der Waals surface area contributed by atoms with Crippen LogP contribution in [0, 0.1) is 5.82 Å². The van der Waals surface area contributed by atoms with Crippen molar-refractivity contribution in [3.05, 3.63) is 72.7 Å². The lowest BCUT2D eigenvalue weighted by atomic mass is 10.2. The lowest BCUT2D eigenvalue weighted by molar-refractivity contribution is 0.0535. The average Bonchev–Trinajstić information content (AvgIpc) is 3.12. The van der Waals surface area contributed by atoms with Crippen molar-refractivity contribution in [2.45, 2.75) is 33.0 Å². The molecule has 0 aliphatic heterocycles. The molecule has 0 unspecified atom stereocenters. The number of amides is 1. The molecule has 2 aromatic carbocycles. The first-order valence-electron chi connectivity index (χ1n) is 10.4. The molecular weight excluding hydrogens is 427 g/mol. The van der Waals surface area contributed by atoms with Crippen LogP contribution in [0.4, 0.5) is 19.7 Å². The van der Waals surface area contributed by atoms with Gasteiger partial charge in [-0.25, -0.2) is 18.5 Å². The summed E-state index contributed by atoms with van der Waals surface area (Å²) in [7, 11) is 1.60. The van der Waals surface area contributed by atoms with Gasteiger partial charge in [-0.15, -0.1) is 0 Å². The molecule has 0 fully saturated rings. The van der Waals surface area contributed by atoms with Crippen LogP contribution in [0.2, 0.25) is 0 Å². The number of rotatable bonds is 6. The molecule has 0 saturated heterocycles. The molecule has 0 N–H and O–H groups in total. The molecule has 0 aliphatic rings. The maximum Gasteiger partial charge on any atom is 0.419 e. The molecule has 1 heterocycles. The minimum atomic E-state index is -0.714. The summed E-state index contributed by atoms with van der Waals surface area (Å²) in [6.07, 6.45) is 0.377. The second kappa shape index (κ2) is 9.77. The maximum atomic E-state index is 13.9. The van der Waals surface area contributed by atoms with Gasteiger partial charge in [0.05, 0.1) is 11.2 Å². The van der Waals surface area contributed by atoms with E-state index >= 15 is 0 Å². The second-order valence-corrected chi connectivity index (χ2v) is 8.36. The summed E-state index contributed by atoms with van der Waals surface area (Å²) in [5.74, 6) is 0.0722. The standard InChI is InChI=1S/C25H27FN2O5/c1-6-13-31-23(29)27(5)19-9-11-21(12-10-19)32-16-20-14-17-7-8-18(26)15-22(17)28(20)24(30)33-25(2,3)4/h6-12,14-15H,1,13,16H2,2-5H3. The number of halogens is 1. The molecular formula is C25H27FN2O5. The van der Waals surface area contributed by atoms with Gasteiger partial charge >= 0.3 is 12.2 Å². The topological polar surface area (TPSA) is 70.0 Å². The van der Waals surface area contributed by atoms with Gasteiger partial charge in [-0.2, -0.15) is 0 Å². The zero-order chi connectivity index (χ0) is 24.2. The molecule has 8 heteroatoms. The van der Waals surface area contributed by atoms with Crippen LogP contribution in [-0.2, 0) is 16.1 Å². The summed E-state index contributed by atoms with van der Waals surface area (Å²) in [5, 5.41) is 0.691. The Kier molecular flexibility index (Phi) is 7.06. The van der Waals surface area contributed by atoms with Crippen molar-refractivity contribution in [2.24, 2.45) is 0 Å². The lowest BCUT2D eigenvalue weighted by Gasteiger charge is -2.21. The third kappa shape index (κ3) is 5.91. The number of nitrogens with zero attached hydrogens (tertiary/aromatic N) is 2. The molecule has 0 bridgehead atoms. The molecule has 1 amide bonds. The number of hydrogen-bond donors (Lipinski definition) is 0. The summed E-state index contributed by atoms with van der Waals surface area (Å²) in [5.41, 5.74) is 0.819. The first-order valence-corrected chi connectivity index (χ1v) is 10.4. The van der Waals surface area contributed by atoms with Crippen molar-refractivity contribution >= 4 is 28.8 Å². The van der Waals surface area contributed by atoms with Crippen LogP contribution in [0.3, 0.4) is 0 Å². The highest BCUT2D eigenvalue weighted by molar-refractivity contribution is 5.91. The molecule has 174 valence electrons. The summed E-state index contributed by atoms with van der Waals surface area (Å²) in [6, 6.07) is 12.8. The van der Waals surface area contributed by atoms with Gasteiger partial charge in [-0.05, 0) is 69.3 Å². The van der Waals surface area contributed by atoms with E-state index in [0.717, 1.165) is 0 Å². The van der Waals surface area contributed by atoms with E-state index in [2.05, 4.69) is 6.58 Å². The van der Waals surface area contributed by atoms with E-state index in [1.165, 1.54) is 27.7 Å². The Morgan fingerprint density at radius 1 is 1.12 bits per heavy atom. The second-order valence-electron chi connectivity index (χ2n) is 8.36. The van der Waals surface area contributed by atoms with E-state index in [1.54, 1.807) is 64.2 Å². The fourth-order valence-corrected chi connectivity index (χ4v) is 3.12. The van der Waals surface area contributed by atoms with Crippen LogP contribution in [0.15, 0.2) is 61.2 Å². The van der Waals surface area contributed by atoms with Crippen LogP contribution in [0.25, 0.3) is 10.9 Å². The Balaban J connectivity index is 1.79. The molecule has 7 nitrogen and oxygen atoms in total. The number of hydrogen-bond acceptors (Lipinski definition) is 5. The highest BCUT2D eigenvalue weighted by Gasteiger charge is 2.23. The van der Waals surface area contributed by atoms with E-state index < -0.39 is 23.6 Å². The SMILES string of the molecule is C=CCOC(=O)N(C)c1ccc(OCc2cc3ccc(F)cc3n2C(=O)OC(C)(C)C)cc1. The number of anilines is 1. The van der Waals surface area contributed by atoms with Crippen LogP contribution in [-0.4, -0.2) is 36.0 Å². The zero-order valence-corrected chi connectivity index (χ0v) is 19.1. The number of benzene rings is 2. The van der Waals surface area contributed by atoms with Crippen LogP contribution in [0.5, 0.6) is 5.75 Å². The Bertz CT molecular complexity index is 1160. The van der Waals surface area contributed by atoms with Crippen molar-refractivity contribution in [3.63, 3.8) is 0 Å². The monoisotopic (exact) mass is 454 g/mol. The first-order chi connectivity index (χ1) is 15.6. The number of aromatic nitrogens is 1. The summed E-state index contributed by atoms with van der Waals surface area (Å²) >= 11 is 0. The van der Waals surface area contributed by atoms with Crippen molar-refractivity contribution in [2.75, 3.05) is 18.6 Å². The van der Waals surface area contributed by atoms with Gasteiger partial charge in [-0.3, -0.25) is 4.90 Å². The number of ether oxygens (including phenoxy) is 3. The van der Waals surface area contributed by atoms with Gasteiger partial charge in [0.1, 0.15) is 30.4 Å². The lowest BCUT2D eigenvalue weighted by Crippen LogP contribution is -2.28. The molecule has 0 atom stereocenters. The van der Waals surface area contributed by atoms with E-state index in [-0.39, 0.29) is 13.2 Å². The smallest absolute Gasteiger partial charge is 0.419 e. The molecule has 0 radical (unpaired) electrons. The average molecular weight is 454 g/mol. The summed E-state index contributed by atoms with van der Waals surface area (Å²) in [4.78, 5) is 26.2. The predicted molar refractivity (Wildman–Crippen MR) is 124 cm³/mol. The Hall–Kier alpha value is -3.81. The van der Waals surface area contributed by atoms with Crippen LogP contribution in [0.1, 0.15) is 26.5 Å². The molecule has 33 heavy (non-hydrogen) atoms. The van der Waals surface area contributed by atoms with Crippen LogP contribution < -0.4 is 9.64 Å². The van der Waals surface area contributed by atoms with Crippen molar-refractivity contribution < 1.29 is 28.2 Å². The van der Waals surface area contributed by atoms with Crippen molar-refractivity contribution in [1.29, 1.82) is 0 Å². The van der Waals surface area contributed by atoms with E-state index in [9.17, 15) is 14.0 Å².